The molecule has 1 spiro atoms. The summed E-state index contributed by atoms with van der Waals surface area (Å²) in [7, 11) is 0. The normalized spacial score (nSPS) is 22.3. The van der Waals surface area contributed by atoms with Crippen molar-refractivity contribution in [1.82, 2.24) is 9.88 Å². The Kier molecular flexibility index (Phi) is 7.20. The number of rotatable bonds is 5. The van der Waals surface area contributed by atoms with Gasteiger partial charge in [0, 0.05) is 31.8 Å². The third-order valence-corrected chi connectivity index (χ3v) is 5.58. The van der Waals surface area contributed by atoms with Crippen LogP contribution in [0.2, 0.25) is 0 Å². The fourth-order valence-electron chi connectivity index (χ4n) is 3.78. The SMILES string of the molecule is Cc1cncc(COC2CCOC3(C2)CN(C(=O)CC2CC2)C3)c1.O=C(O)C(F)(F)F. The van der Waals surface area contributed by atoms with Crippen molar-refractivity contribution in [2.45, 2.75) is 63.5 Å². The first-order valence-corrected chi connectivity index (χ1v) is 10.3. The largest absolute Gasteiger partial charge is 0.490 e. The Morgan fingerprint density at radius 2 is 1.97 bits per heavy atom. The van der Waals surface area contributed by atoms with Crippen molar-refractivity contribution in [2.24, 2.45) is 5.92 Å². The Bertz CT molecular complexity index is 791. The van der Waals surface area contributed by atoms with E-state index in [0.717, 1.165) is 50.1 Å². The highest BCUT2D eigenvalue weighted by Crippen LogP contribution is 2.38. The van der Waals surface area contributed by atoms with Gasteiger partial charge in [-0.1, -0.05) is 6.07 Å². The molecular weight excluding hydrogens is 417 g/mol. The quantitative estimate of drug-likeness (QED) is 0.751. The molecule has 0 radical (unpaired) electrons. The van der Waals surface area contributed by atoms with Crippen LogP contribution in [-0.2, 0) is 25.7 Å². The maximum Gasteiger partial charge on any atom is 0.490 e. The van der Waals surface area contributed by atoms with Gasteiger partial charge in [-0.15, -0.1) is 0 Å². The van der Waals surface area contributed by atoms with Crippen molar-refractivity contribution >= 4 is 11.9 Å². The Balaban J connectivity index is 0.000000339. The number of carbonyl (C=O) groups is 2. The number of aryl methyl sites for hydroxylation is 1. The zero-order valence-electron chi connectivity index (χ0n) is 17.4. The molecule has 1 aliphatic carbocycles. The zero-order valence-corrected chi connectivity index (χ0v) is 17.4. The number of likely N-dealkylation sites (tertiary alicyclic amines) is 1. The predicted octanol–water partition coefficient (Wildman–Crippen LogP) is 3.10. The van der Waals surface area contributed by atoms with E-state index in [1.165, 1.54) is 12.8 Å². The highest BCUT2D eigenvalue weighted by Gasteiger charge is 2.49. The van der Waals surface area contributed by atoms with E-state index < -0.39 is 12.1 Å². The summed E-state index contributed by atoms with van der Waals surface area (Å²) in [6.07, 6.45) is 3.85. The van der Waals surface area contributed by atoms with E-state index in [1.807, 2.05) is 24.2 Å². The third kappa shape index (κ3) is 6.90. The molecule has 1 atom stereocenters. The summed E-state index contributed by atoms with van der Waals surface area (Å²) in [5.74, 6) is -1.80. The molecule has 2 saturated heterocycles. The van der Waals surface area contributed by atoms with Crippen LogP contribution in [0.4, 0.5) is 13.2 Å². The summed E-state index contributed by atoms with van der Waals surface area (Å²) < 4.78 is 43.9. The molecule has 7 nitrogen and oxygen atoms in total. The minimum atomic E-state index is -5.08. The fraction of sp³-hybridized carbons (Fsp3) is 0.667. The van der Waals surface area contributed by atoms with Crippen molar-refractivity contribution in [3.05, 3.63) is 29.6 Å². The molecule has 1 unspecified atom stereocenters. The van der Waals surface area contributed by atoms with Crippen LogP contribution in [0.5, 0.6) is 0 Å². The lowest BCUT2D eigenvalue weighted by atomic mass is 9.84. The van der Waals surface area contributed by atoms with Crippen LogP contribution < -0.4 is 0 Å². The average molecular weight is 444 g/mol. The number of alkyl halides is 3. The molecule has 3 aliphatic rings. The predicted molar refractivity (Wildman–Crippen MR) is 103 cm³/mol. The molecule has 3 fully saturated rings. The average Bonchev–Trinajstić information content (AvgIpc) is 3.48. The maximum absolute atomic E-state index is 12.2. The molecule has 1 aromatic rings. The number of hydrogen-bond acceptors (Lipinski definition) is 5. The Morgan fingerprint density at radius 1 is 1.29 bits per heavy atom. The number of hydrogen-bond donors (Lipinski definition) is 1. The van der Waals surface area contributed by atoms with E-state index in [4.69, 9.17) is 19.4 Å². The highest BCUT2D eigenvalue weighted by molar-refractivity contribution is 5.78. The summed E-state index contributed by atoms with van der Waals surface area (Å²) >= 11 is 0. The molecule has 4 rings (SSSR count). The minimum Gasteiger partial charge on any atom is -0.475 e. The number of carboxylic acid groups (broad SMARTS) is 1. The second-order valence-electron chi connectivity index (χ2n) is 8.53. The first-order valence-electron chi connectivity index (χ1n) is 10.3. The van der Waals surface area contributed by atoms with E-state index in [9.17, 15) is 18.0 Å². The van der Waals surface area contributed by atoms with Crippen LogP contribution in [0.1, 0.15) is 43.2 Å². The number of aromatic nitrogens is 1. The van der Waals surface area contributed by atoms with Gasteiger partial charge in [-0.2, -0.15) is 13.2 Å². The maximum atomic E-state index is 12.2. The molecule has 31 heavy (non-hydrogen) atoms. The van der Waals surface area contributed by atoms with Gasteiger partial charge in [-0.05, 0) is 43.2 Å². The standard InChI is InChI=1S/C19H26N2O3.C2HF3O2/c1-14-6-16(10-20-9-14)11-23-17-4-5-24-19(8-17)12-21(13-19)18(22)7-15-2-3-15;3-2(4,5)1(6)7/h6,9-10,15,17H,2-5,7-8,11-13H2,1H3;(H,6,7). The van der Waals surface area contributed by atoms with E-state index in [-0.39, 0.29) is 11.7 Å². The smallest absolute Gasteiger partial charge is 0.475 e. The van der Waals surface area contributed by atoms with Gasteiger partial charge in [0.1, 0.15) is 5.60 Å². The van der Waals surface area contributed by atoms with Gasteiger partial charge in [0.05, 0.1) is 25.8 Å². The lowest BCUT2D eigenvalue weighted by molar-refractivity contribution is -0.202. The lowest BCUT2D eigenvalue weighted by Crippen LogP contribution is -2.67. The summed E-state index contributed by atoms with van der Waals surface area (Å²) in [6, 6.07) is 2.11. The molecule has 1 aromatic heterocycles. The molecule has 172 valence electrons. The zero-order chi connectivity index (χ0) is 22.6. The molecule has 2 aliphatic heterocycles. The van der Waals surface area contributed by atoms with Gasteiger partial charge in [0.2, 0.25) is 5.91 Å². The first-order chi connectivity index (χ1) is 14.6. The van der Waals surface area contributed by atoms with Gasteiger partial charge in [0.25, 0.3) is 0 Å². The number of carboxylic acids is 1. The molecule has 10 heteroatoms. The molecule has 0 aromatic carbocycles. The molecule has 1 N–H and O–H groups in total. The number of pyridine rings is 1. The van der Waals surface area contributed by atoms with Crippen molar-refractivity contribution in [1.29, 1.82) is 0 Å². The van der Waals surface area contributed by atoms with Gasteiger partial charge >= 0.3 is 12.1 Å². The van der Waals surface area contributed by atoms with Gasteiger partial charge < -0.3 is 19.5 Å². The molecule has 1 amide bonds. The van der Waals surface area contributed by atoms with Crippen LogP contribution >= 0.6 is 0 Å². The molecular formula is C21H27F3N2O5. The number of carbonyl (C=O) groups excluding carboxylic acids is 1. The van der Waals surface area contributed by atoms with Crippen molar-refractivity contribution in [2.75, 3.05) is 19.7 Å². The van der Waals surface area contributed by atoms with Crippen LogP contribution in [0.15, 0.2) is 18.5 Å². The summed E-state index contributed by atoms with van der Waals surface area (Å²) in [5, 5.41) is 7.12. The van der Waals surface area contributed by atoms with Crippen LogP contribution in [0.25, 0.3) is 0 Å². The molecule has 1 saturated carbocycles. The number of aliphatic carboxylic acids is 1. The number of nitrogens with zero attached hydrogens (tertiary/aromatic N) is 2. The number of amides is 1. The van der Waals surface area contributed by atoms with Gasteiger partial charge in [-0.3, -0.25) is 9.78 Å². The summed E-state index contributed by atoms with van der Waals surface area (Å²) in [6.45, 7) is 4.84. The summed E-state index contributed by atoms with van der Waals surface area (Å²) in [5.41, 5.74) is 2.11. The second-order valence-corrected chi connectivity index (χ2v) is 8.53. The van der Waals surface area contributed by atoms with E-state index in [1.54, 1.807) is 0 Å². The van der Waals surface area contributed by atoms with Crippen molar-refractivity contribution < 1.29 is 37.3 Å². The van der Waals surface area contributed by atoms with Crippen molar-refractivity contribution in [3.8, 4) is 0 Å². The summed E-state index contributed by atoms with van der Waals surface area (Å²) in [4.78, 5) is 27.2. The van der Waals surface area contributed by atoms with Gasteiger partial charge in [-0.25, -0.2) is 4.79 Å². The van der Waals surface area contributed by atoms with E-state index in [2.05, 4.69) is 11.1 Å². The van der Waals surface area contributed by atoms with Crippen LogP contribution in [0.3, 0.4) is 0 Å². The Morgan fingerprint density at radius 3 is 2.55 bits per heavy atom. The van der Waals surface area contributed by atoms with Gasteiger partial charge in [0.15, 0.2) is 0 Å². The number of halogens is 3. The topological polar surface area (TPSA) is 89.0 Å². The molecule has 0 bridgehead atoms. The van der Waals surface area contributed by atoms with Crippen molar-refractivity contribution in [3.63, 3.8) is 0 Å². The Hall–Kier alpha value is -2.20. The monoisotopic (exact) mass is 444 g/mol. The second kappa shape index (κ2) is 9.52. The van der Waals surface area contributed by atoms with Crippen LogP contribution in [0, 0.1) is 12.8 Å². The highest BCUT2D eigenvalue weighted by atomic mass is 19.4. The third-order valence-electron chi connectivity index (χ3n) is 5.58. The first kappa shape index (κ1) is 23.5. The fourth-order valence-corrected chi connectivity index (χ4v) is 3.78. The minimum absolute atomic E-state index is 0.160. The van der Waals surface area contributed by atoms with E-state index >= 15 is 0 Å². The lowest BCUT2D eigenvalue weighted by Gasteiger charge is -2.53. The van der Waals surface area contributed by atoms with Crippen LogP contribution in [-0.4, -0.2) is 64.4 Å². The Labute approximate surface area is 178 Å². The molecule has 3 heterocycles. The van der Waals surface area contributed by atoms with E-state index in [0.29, 0.717) is 18.4 Å². The number of ether oxygens (including phenoxy) is 2.